The highest BCUT2D eigenvalue weighted by Gasteiger charge is 2.42. The molecule has 8 heteroatoms. The molecule has 1 aliphatic rings. The van der Waals surface area contributed by atoms with Crippen molar-refractivity contribution in [1.82, 2.24) is 10.2 Å². The fourth-order valence-electron chi connectivity index (χ4n) is 3.32. The molecule has 1 saturated heterocycles. The average molecular weight is 451 g/mol. The zero-order valence-electron chi connectivity index (χ0n) is 16.2. The van der Waals surface area contributed by atoms with Crippen molar-refractivity contribution >= 4 is 40.8 Å². The molecular weight excluding hydrogens is 430 g/mol. The number of Topliss-reactive ketones (excluding diaryl/α,β-unsaturated/α-hetero) is 1. The first-order chi connectivity index (χ1) is 14.3. The Kier molecular flexibility index (Phi) is 7.45. The van der Waals surface area contributed by atoms with Crippen LogP contribution in [0, 0.1) is 11.7 Å². The number of nitrogens with zero attached hydrogens (tertiary/aromatic N) is 1. The molecule has 0 aromatic heterocycles. The lowest BCUT2D eigenvalue weighted by atomic mass is 10.1. The lowest BCUT2D eigenvalue weighted by Crippen LogP contribution is -2.36. The molecule has 5 nitrogen and oxygen atoms in total. The van der Waals surface area contributed by atoms with Crippen LogP contribution in [-0.2, 0) is 27.2 Å². The molecule has 1 atom stereocenters. The summed E-state index contributed by atoms with van der Waals surface area (Å²) < 4.78 is 13.0. The van der Waals surface area contributed by atoms with Gasteiger partial charge in [0, 0.05) is 19.6 Å². The number of hydrogen-bond donors (Lipinski definition) is 1. The van der Waals surface area contributed by atoms with E-state index in [4.69, 9.17) is 23.2 Å². The number of hydrogen-bond acceptors (Lipinski definition) is 3. The van der Waals surface area contributed by atoms with E-state index in [1.807, 2.05) is 6.07 Å². The molecule has 0 radical (unpaired) electrons. The zero-order chi connectivity index (χ0) is 21.7. The Labute approximate surface area is 184 Å². The van der Waals surface area contributed by atoms with Crippen LogP contribution in [0.1, 0.15) is 17.5 Å². The molecule has 0 aliphatic carbocycles. The minimum Gasteiger partial charge on any atom is -0.355 e. The van der Waals surface area contributed by atoms with Crippen molar-refractivity contribution in [1.29, 1.82) is 0 Å². The second kappa shape index (κ2) is 10.0. The summed E-state index contributed by atoms with van der Waals surface area (Å²) in [6.45, 7) is 0.751. The fraction of sp³-hybridized carbons (Fsp3) is 0.318. The number of nitrogens with one attached hydrogen (secondary N) is 1. The molecule has 0 bridgehead atoms. The number of aryl methyl sites for hydroxylation is 1. The maximum atomic E-state index is 13.0. The van der Waals surface area contributed by atoms with Gasteiger partial charge in [-0.25, -0.2) is 4.39 Å². The van der Waals surface area contributed by atoms with Gasteiger partial charge in [-0.1, -0.05) is 41.4 Å². The second-order valence-corrected chi connectivity index (χ2v) is 8.00. The van der Waals surface area contributed by atoms with E-state index in [9.17, 15) is 18.8 Å². The number of likely N-dealkylation sites (tertiary alicyclic amines) is 1. The molecule has 1 fully saturated rings. The van der Waals surface area contributed by atoms with Crippen LogP contribution in [0.3, 0.4) is 0 Å². The quantitative estimate of drug-likeness (QED) is 0.380. The molecule has 1 N–H and O–H groups in total. The van der Waals surface area contributed by atoms with Gasteiger partial charge in [-0.2, -0.15) is 0 Å². The largest absolute Gasteiger partial charge is 0.355 e. The number of ketones is 1. The van der Waals surface area contributed by atoms with Crippen LogP contribution in [0.4, 0.5) is 4.39 Å². The highest BCUT2D eigenvalue weighted by Crippen LogP contribution is 2.23. The van der Waals surface area contributed by atoms with Crippen LogP contribution >= 0.6 is 23.2 Å². The smallest absolute Gasteiger partial charge is 0.290 e. The maximum absolute atomic E-state index is 13.0. The molecule has 2 amide bonds. The molecule has 158 valence electrons. The SMILES string of the molecule is O=C(NCCCc1ccc(Cl)c(Cl)c1)C1CN(CCc2ccc(F)cc2)C(=O)C1=O. The Balaban J connectivity index is 1.44. The first-order valence-corrected chi connectivity index (χ1v) is 10.4. The van der Waals surface area contributed by atoms with E-state index in [0.29, 0.717) is 42.4 Å². The monoisotopic (exact) mass is 450 g/mol. The zero-order valence-corrected chi connectivity index (χ0v) is 17.7. The molecule has 0 spiro atoms. The highest BCUT2D eigenvalue weighted by atomic mass is 35.5. The third-order valence-electron chi connectivity index (χ3n) is 5.04. The molecule has 2 aromatic rings. The molecule has 2 aromatic carbocycles. The van der Waals surface area contributed by atoms with E-state index in [1.165, 1.54) is 17.0 Å². The Morgan fingerprint density at radius 3 is 2.43 bits per heavy atom. The number of carbonyl (C=O) groups excluding carboxylic acids is 3. The van der Waals surface area contributed by atoms with Crippen molar-refractivity contribution in [3.05, 3.63) is 69.5 Å². The lowest BCUT2D eigenvalue weighted by molar-refractivity contribution is -0.142. The molecule has 3 rings (SSSR count). The summed E-state index contributed by atoms with van der Waals surface area (Å²) in [7, 11) is 0. The summed E-state index contributed by atoms with van der Waals surface area (Å²) in [5.74, 6) is -3.09. The molecular formula is C22H21Cl2FN2O3. The summed E-state index contributed by atoms with van der Waals surface area (Å²) in [5.41, 5.74) is 1.85. The Bertz CT molecular complexity index is 950. The van der Waals surface area contributed by atoms with E-state index >= 15 is 0 Å². The first kappa shape index (κ1) is 22.2. The summed E-state index contributed by atoms with van der Waals surface area (Å²) in [4.78, 5) is 38.1. The van der Waals surface area contributed by atoms with Gasteiger partial charge in [0.25, 0.3) is 5.91 Å². The molecule has 0 saturated carbocycles. The van der Waals surface area contributed by atoms with E-state index in [1.54, 1.807) is 24.3 Å². The van der Waals surface area contributed by atoms with E-state index in [2.05, 4.69) is 5.32 Å². The first-order valence-electron chi connectivity index (χ1n) is 9.64. The third-order valence-corrected chi connectivity index (χ3v) is 5.78. The highest BCUT2D eigenvalue weighted by molar-refractivity contribution is 6.42. The Morgan fingerprint density at radius 2 is 1.73 bits per heavy atom. The van der Waals surface area contributed by atoms with Gasteiger partial charge in [0.1, 0.15) is 11.7 Å². The number of carbonyl (C=O) groups is 3. The van der Waals surface area contributed by atoms with Crippen molar-refractivity contribution in [2.75, 3.05) is 19.6 Å². The Hall–Kier alpha value is -2.44. The van der Waals surface area contributed by atoms with Crippen molar-refractivity contribution in [3.63, 3.8) is 0 Å². The van der Waals surface area contributed by atoms with Crippen molar-refractivity contribution in [2.24, 2.45) is 5.92 Å². The minimum absolute atomic E-state index is 0.0670. The van der Waals surface area contributed by atoms with Crippen molar-refractivity contribution < 1.29 is 18.8 Å². The predicted octanol–water partition coefficient (Wildman–Crippen LogP) is 3.45. The Morgan fingerprint density at radius 1 is 1.03 bits per heavy atom. The van der Waals surface area contributed by atoms with Crippen molar-refractivity contribution in [2.45, 2.75) is 19.3 Å². The van der Waals surface area contributed by atoms with Gasteiger partial charge in [0.15, 0.2) is 0 Å². The van der Waals surface area contributed by atoms with Crippen molar-refractivity contribution in [3.8, 4) is 0 Å². The van der Waals surface area contributed by atoms with Gasteiger partial charge in [0.2, 0.25) is 11.7 Å². The van der Waals surface area contributed by atoms with Crippen LogP contribution in [0.25, 0.3) is 0 Å². The molecule has 1 heterocycles. The summed E-state index contributed by atoms with van der Waals surface area (Å²) in [6.07, 6.45) is 1.84. The fourth-order valence-corrected chi connectivity index (χ4v) is 3.64. The predicted molar refractivity (Wildman–Crippen MR) is 113 cm³/mol. The minimum atomic E-state index is -0.990. The maximum Gasteiger partial charge on any atom is 0.290 e. The van der Waals surface area contributed by atoms with Gasteiger partial charge in [-0.3, -0.25) is 14.4 Å². The van der Waals surface area contributed by atoms with E-state index in [-0.39, 0.29) is 12.4 Å². The summed E-state index contributed by atoms with van der Waals surface area (Å²) in [6, 6.07) is 11.3. The number of amides is 2. The number of benzene rings is 2. The van der Waals surface area contributed by atoms with Gasteiger partial charge in [-0.05, 0) is 54.7 Å². The molecule has 30 heavy (non-hydrogen) atoms. The normalized spacial score (nSPS) is 16.2. The summed E-state index contributed by atoms with van der Waals surface area (Å²) in [5, 5.41) is 3.70. The van der Waals surface area contributed by atoms with Gasteiger partial charge in [-0.15, -0.1) is 0 Å². The summed E-state index contributed by atoms with van der Waals surface area (Å²) >= 11 is 11.9. The third kappa shape index (κ3) is 5.58. The van der Waals surface area contributed by atoms with Gasteiger partial charge < -0.3 is 10.2 Å². The van der Waals surface area contributed by atoms with Gasteiger partial charge in [0.05, 0.1) is 10.0 Å². The molecule has 1 aliphatic heterocycles. The number of rotatable bonds is 8. The van der Waals surface area contributed by atoms with Crippen LogP contribution in [-0.4, -0.2) is 42.1 Å². The average Bonchev–Trinajstić information content (AvgIpc) is 3.02. The van der Waals surface area contributed by atoms with Crippen LogP contribution < -0.4 is 5.32 Å². The number of halogens is 3. The second-order valence-electron chi connectivity index (χ2n) is 7.19. The molecule has 1 unspecified atom stereocenters. The van der Waals surface area contributed by atoms with Crippen LogP contribution in [0.5, 0.6) is 0 Å². The van der Waals surface area contributed by atoms with Gasteiger partial charge >= 0.3 is 0 Å². The lowest BCUT2D eigenvalue weighted by Gasteiger charge is -2.15. The topological polar surface area (TPSA) is 66.5 Å². The van der Waals surface area contributed by atoms with E-state index in [0.717, 1.165) is 11.1 Å². The standard InChI is InChI=1S/C22H21Cl2FN2O3/c23-18-8-5-15(12-19(18)24)2-1-10-26-21(29)17-13-27(22(30)20(17)28)11-9-14-3-6-16(25)7-4-14/h3-8,12,17H,1-2,9-11,13H2,(H,26,29). The van der Waals surface area contributed by atoms with E-state index < -0.39 is 23.5 Å². The van der Waals surface area contributed by atoms with Crippen LogP contribution in [0.15, 0.2) is 42.5 Å². The van der Waals surface area contributed by atoms with Crippen LogP contribution in [0.2, 0.25) is 10.0 Å².